The number of ether oxygens (including phenoxy) is 1. The summed E-state index contributed by atoms with van der Waals surface area (Å²) in [5.41, 5.74) is 0. The Labute approximate surface area is 64.5 Å². The molecule has 1 atom stereocenters. The maximum atomic E-state index is 11.9. The van der Waals surface area contributed by atoms with Crippen molar-refractivity contribution in [3.63, 3.8) is 0 Å². The second-order valence-electron chi connectivity index (χ2n) is 2.41. The number of hydrogen-bond acceptors (Lipinski definition) is 1. The van der Waals surface area contributed by atoms with Crippen molar-refractivity contribution in [2.24, 2.45) is 0 Å². The quantitative estimate of drug-likeness (QED) is 0.630. The lowest BCUT2D eigenvalue weighted by atomic mass is 10.1. The second-order valence-corrected chi connectivity index (χ2v) is 2.41. The van der Waals surface area contributed by atoms with Crippen molar-refractivity contribution in [3.05, 3.63) is 0 Å². The number of rotatable bonds is 4. The molecule has 0 N–H and O–H groups in total. The molecule has 1 nitrogen and oxygen atoms in total. The molecule has 1 unspecified atom stereocenters. The minimum atomic E-state index is -4.20. The summed E-state index contributed by atoms with van der Waals surface area (Å²) in [4.78, 5) is 0. The molecule has 0 saturated carbocycles. The Kier molecular flexibility index (Phi) is 4.49. The third-order valence-corrected chi connectivity index (χ3v) is 1.47. The van der Waals surface area contributed by atoms with Crippen LogP contribution >= 0.6 is 0 Å². The summed E-state index contributed by atoms with van der Waals surface area (Å²) in [6.07, 6.45) is -4.41. The van der Waals surface area contributed by atoms with E-state index in [1.807, 2.05) is 6.92 Å². The molecule has 0 saturated heterocycles. The molecule has 11 heavy (non-hydrogen) atoms. The van der Waals surface area contributed by atoms with Gasteiger partial charge in [-0.3, -0.25) is 0 Å². The lowest BCUT2D eigenvalue weighted by Crippen LogP contribution is -2.30. The molecule has 0 heterocycles. The minimum absolute atomic E-state index is 0.0660. The van der Waals surface area contributed by atoms with E-state index in [1.165, 1.54) is 0 Å². The van der Waals surface area contributed by atoms with Crippen molar-refractivity contribution in [3.8, 4) is 0 Å². The van der Waals surface area contributed by atoms with E-state index in [2.05, 4.69) is 4.74 Å². The van der Waals surface area contributed by atoms with Gasteiger partial charge in [-0.2, -0.15) is 13.2 Å². The average molecular weight is 170 g/mol. The fourth-order valence-electron chi connectivity index (χ4n) is 0.805. The first kappa shape index (κ1) is 10.8. The Balaban J connectivity index is 3.76. The van der Waals surface area contributed by atoms with Crippen LogP contribution < -0.4 is 0 Å². The molecule has 0 fully saturated rings. The van der Waals surface area contributed by atoms with Crippen LogP contribution in [0.4, 0.5) is 13.2 Å². The zero-order valence-electron chi connectivity index (χ0n) is 6.74. The first-order valence-electron chi connectivity index (χ1n) is 3.61. The van der Waals surface area contributed by atoms with Gasteiger partial charge >= 0.3 is 6.18 Å². The lowest BCUT2D eigenvalue weighted by Gasteiger charge is -2.17. The van der Waals surface area contributed by atoms with Crippen molar-refractivity contribution in [1.82, 2.24) is 0 Å². The summed E-state index contributed by atoms with van der Waals surface area (Å²) in [5, 5.41) is 0. The molecule has 4 heteroatoms. The van der Waals surface area contributed by atoms with Crippen molar-refractivity contribution in [1.29, 1.82) is 0 Å². The van der Waals surface area contributed by atoms with Crippen LogP contribution in [-0.2, 0) is 4.74 Å². The molecule has 68 valence electrons. The third-order valence-electron chi connectivity index (χ3n) is 1.47. The average Bonchev–Trinajstić information content (AvgIpc) is 1.87. The SMILES string of the molecule is CCCCC(OC)C(F)(F)F. The Morgan fingerprint density at radius 3 is 2.18 bits per heavy atom. The van der Waals surface area contributed by atoms with Gasteiger partial charge in [0.15, 0.2) is 6.10 Å². The van der Waals surface area contributed by atoms with Gasteiger partial charge in [0.05, 0.1) is 0 Å². The Hall–Kier alpha value is -0.250. The molecule has 0 aliphatic rings. The molecule has 0 aromatic rings. The first-order valence-corrected chi connectivity index (χ1v) is 3.61. The molecule has 0 spiro atoms. The van der Waals surface area contributed by atoms with Crippen LogP contribution in [0.25, 0.3) is 0 Å². The summed E-state index contributed by atoms with van der Waals surface area (Å²) < 4.78 is 40.0. The van der Waals surface area contributed by atoms with E-state index in [0.29, 0.717) is 6.42 Å². The molecule has 0 radical (unpaired) electrons. The van der Waals surface area contributed by atoms with Crippen LogP contribution in [0.5, 0.6) is 0 Å². The Morgan fingerprint density at radius 1 is 1.36 bits per heavy atom. The molecule has 0 aliphatic carbocycles. The van der Waals surface area contributed by atoms with Crippen LogP contribution in [0.3, 0.4) is 0 Å². The Morgan fingerprint density at radius 2 is 1.91 bits per heavy atom. The summed E-state index contributed by atoms with van der Waals surface area (Å²) >= 11 is 0. The van der Waals surface area contributed by atoms with Crippen molar-refractivity contribution in [2.75, 3.05) is 7.11 Å². The maximum Gasteiger partial charge on any atom is 0.414 e. The van der Waals surface area contributed by atoms with Crippen molar-refractivity contribution < 1.29 is 17.9 Å². The highest BCUT2D eigenvalue weighted by Crippen LogP contribution is 2.25. The topological polar surface area (TPSA) is 9.23 Å². The highest BCUT2D eigenvalue weighted by Gasteiger charge is 2.38. The molecule has 0 aromatic carbocycles. The summed E-state index contributed by atoms with van der Waals surface area (Å²) in [6.45, 7) is 1.85. The van der Waals surface area contributed by atoms with E-state index < -0.39 is 12.3 Å². The summed E-state index contributed by atoms with van der Waals surface area (Å²) in [5.74, 6) is 0. The summed E-state index contributed by atoms with van der Waals surface area (Å²) in [6, 6.07) is 0. The molecular formula is C7H13F3O. The standard InChI is InChI=1S/C7H13F3O/c1-3-4-5-6(11-2)7(8,9)10/h6H,3-5H2,1-2H3. The minimum Gasteiger partial charge on any atom is -0.372 e. The van der Waals surface area contributed by atoms with Gasteiger partial charge in [-0.15, -0.1) is 0 Å². The zero-order chi connectivity index (χ0) is 8.91. The molecule has 0 rings (SSSR count). The van der Waals surface area contributed by atoms with E-state index in [9.17, 15) is 13.2 Å². The van der Waals surface area contributed by atoms with Crippen LogP contribution in [0.15, 0.2) is 0 Å². The molecule has 0 bridgehead atoms. The normalized spacial score (nSPS) is 15.0. The van der Waals surface area contributed by atoms with Gasteiger partial charge < -0.3 is 4.74 Å². The largest absolute Gasteiger partial charge is 0.414 e. The molecule has 0 amide bonds. The molecular weight excluding hydrogens is 157 g/mol. The van der Waals surface area contributed by atoms with Gasteiger partial charge in [0.1, 0.15) is 0 Å². The van der Waals surface area contributed by atoms with E-state index in [0.717, 1.165) is 13.5 Å². The highest BCUT2D eigenvalue weighted by atomic mass is 19.4. The predicted molar refractivity (Wildman–Crippen MR) is 36.4 cm³/mol. The highest BCUT2D eigenvalue weighted by molar-refractivity contribution is 4.66. The van der Waals surface area contributed by atoms with Crippen LogP contribution in [-0.4, -0.2) is 19.4 Å². The van der Waals surface area contributed by atoms with Crippen LogP contribution in [0.1, 0.15) is 26.2 Å². The van der Waals surface area contributed by atoms with Crippen molar-refractivity contribution >= 4 is 0 Å². The molecule has 0 aromatic heterocycles. The molecule has 0 aliphatic heterocycles. The van der Waals surface area contributed by atoms with E-state index in [-0.39, 0.29) is 6.42 Å². The van der Waals surface area contributed by atoms with Gasteiger partial charge in [0.25, 0.3) is 0 Å². The predicted octanol–water partition coefficient (Wildman–Crippen LogP) is 2.75. The number of halogens is 3. The number of unbranched alkanes of at least 4 members (excludes halogenated alkanes) is 1. The smallest absolute Gasteiger partial charge is 0.372 e. The van der Waals surface area contributed by atoms with Gasteiger partial charge in [0, 0.05) is 7.11 Å². The fourth-order valence-corrected chi connectivity index (χ4v) is 0.805. The van der Waals surface area contributed by atoms with Crippen LogP contribution in [0.2, 0.25) is 0 Å². The number of alkyl halides is 3. The second kappa shape index (κ2) is 4.59. The third kappa shape index (κ3) is 4.24. The number of hydrogen-bond donors (Lipinski definition) is 0. The van der Waals surface area contributed by atoms with E-state index in [1.54, 1.807) is 0 Å². The van der Waals surface area contributed by atoms with Gasteiger partial charge in [-0.25, -0.2) is 0 Å². The fraction of sp³-hybridized carbons (Fsp3) is 1.00. The summed E-state index contributed by atoms with van der Waals surface area (Å²) in [7, 11) is 1.09. The van der Waals surface area contributed by atoms with E-state index >= 15 is 0 Å². The van der Waals surface area contributed by atoms with Crippen molar-refractivity contribution in [2.45, 2.75) is 38.5 Å². The zero-order valence-corrected chi connectivity index (χ0v) is 6.74. The van der Waals surface area contributed by atoms with Gasteiger partial charge in [-0.1, -0.05) is 19.8 Å². The monoisotopic (exact) mass is 170 g/mol. The number of methoxy groups -OCH3 is 1. The van der Waals surface area contributed by atoms with E-state index in [4.69, 9.17) is 0 Å². The van der Waals surface area contributed by atoms with Gasteiger partial charge in [-0.05, 0) is 6.42 Å². The first-order chi connectivity index (χ1) is 5.02. The lowest BCUT2D eigenvalue weighted by molar-refractivity contribution is -0.214. The van der Waals surface area contributed by atoms with Crippen LogP contribution in [0, 0.1) is 0 Å². The Bertz CT molecular complexity index is 100. The van der Waals surface area contributed by atoms with Gasteiger partial charge in [0.2, 0.25) is 0 Å². The maximum absolute atomic E-state index is 11.9.